The Hall–Kier alpha value is -3.93. The van der Waals surface area contributed by atoms with Crippen molar-refractivity contribution in [3.05, 3.63) is 83.7 Å². The number of nitrogens with zero attached hydrogens (tertiary/aromatic N) is 2. The van der Waals surface area contributed by atoms with Crippen LogP contribution in [0.15, 0.2) is 66.7 Å². The molecule has 0 saturated carbocycles. The summed E-state index contributed by atoms with van der Waals surface area (Å²) in [4.78, 5) is 28.6. The first kappa shape index (κ1) is 25.2. The van der Waals surface area contributed by atoms with E-state index in [1.807, 2.05) is 49.4 Å². The summed E-state index contributed by atoms with van der Waals surface area (Å²) in [7, 11) is 0. The van der Waals surface area contributed by atoms with Crippen LogP contribution in [0, 0.1) is 0 Å². The van der Waals surface area contributed by atoms with Crippen LogP contribution in [0.25, 0.3) is 22.2 Å². The summed E-state index contributed by atoms with van der Waals surface area (Å²) in [5.74, 6) is 0.168. The molecular weight excluding hydrogens is 450 g/mol. The zero-order chi connectivity index (χ0) is 25.5. The molecule has 2 N–H and O–H groups in total. The highest BCUT2D eigenvalue weighted by molar-refractivity contribution is 5.96. The summed E-state index contributed by atoms with van der Waals surface area (Å²) < 4.78 is 2.27. The molecule has 3 aromatic carbocycles. The molecule has 0 spiro atoms. The molecule has 0 bridgehead atoms. The second-order valence-corrected chi connectivity index (χ2v) is 9.08. The van der Waals surface area contributed by atoms with Crippen LogP contribution in [0.3, 0.4) is 0 Å². The zero-order valence-corrected chi connectivity index (χ0v) is 21.0. The fraction of sp³-hybridized carbons (Fsp3) is 0.300. The minimum atomic E-state index is -0.925. The number of aromatic carboxylic acids is 1. The molecule has 1 heterocycles. The number of imidazole rings is 1. The van der Waals surface area contributed by atoms with E-state index in [0.717, 1.165) is 72.3 Å². The molecule has 0 unspecified atom stereocenters. The molecule has 186 valence electrons. The van der Waals surface area contributed by atoms with E-state index in [1.165, 1.54) is 5.56 Å². The number of hydrogen-bond donors (Lipinski definition) is 2. The smallest absolute Gasteiger partial charge is 0.336 e. The molecule has 0 atom stereocenters. The van der Waals surface area contributed by atoms with Gasteiger partial charge in [-0.3, -0.25) is 4.79 Å². The lowest BCUT2D eigenvalue weighted by Crippen LogP contribution is -2.11. The first-order chi connectivity index (χ1) is 17.5. The SMILES string of the molecule is CCCCc1nc2ccc(NC(=O)CCC)cc2n1CCc1ccc(-c2ccccc2C(=O)O)cc1. The molecule has 0 aliphatic heterocycles. The molecule has 1 amide bonds. The van der Waals surface area contributed by atoms with Crippen LogP contribution in [0.2, 0.25) is 0 Å². The molecule has 0 aliphatic rings. The summed E-state index contributed by atoms with van der Waals surface area (Å²) >= 11 is 0. The maximum atomic E-state index is 12.1. The van der Waals surface area contributed by atoms with Crippen LogP contribution in [-0.4, -0.2) is 26.5 Å². The third-order valence-electron chi connectivity index (χ3n) is 6.39. The van der Waals surface area contributed by atoms with Crippen molar-refractivity contribution in [1.29, 1.82) is 0 Å². The third-order valence-corrected chi connectivity index (χ3v) is 6.39. The Bertz CT molecular complexity index is 1360. The average molecular weight is 484 g/mol. The lowest BCUT2D eigenvalue weighted by Gasteiger charge is -2.11. The number of aryl methyl sites for hydroxylation is 3. The summed E-state index contributed by atoms with van der Waals surface area (Å²) in [5, 5.41) is 12.5. The van der Waals surface area contributed by atoms with Gasteiger partial charge in [-0.1, -0.05) is 62.7 Å². The highest BCUT2D eigenvalue weighted by atomic mass is 16.4. The van der Waals surface area contributed by atoms with Crippen LogP contribution in [0.5, 0.6) is 0 Å². The van der Waals surface area contributed by atoms with Gasteiger partial charge in [-0.2, -0.15) is 0 Å². The van der Waals surface area contributed by atoms with E-state index in [9.17, 15) is 14.7 Å². The minimum Gasteiger partial charge on any atom is -0.478 e. The first-order valence-corrected chi connectivity index (χ1v) is 12.7. The predicted octanol–water partition coefficient (Wildman–Crippen LogP) is 6.73. The number of aromatic nitrogens is 2. The van der Waals surface area contributed by atoms with Crippen molar-refractivity contribution in [3.8, 4) is 11.1 Å². The molecule has 0 saturated heterocycles. The van der Waals surface area contributed by atoms with E-state index in [4.69, 9.17) is 4.98 Å². The number of anilines is 1. The number of rotatable bonds is 11. The van der Waals surface area contributed by atoms with Gasteiger partial charge in [0, 0.05) is 25.1 Å². The van der Waals surface area contributed by atoms with E-state index in [0.29, 0.717) is 12.0 Å². The van der Waals surface area contributed by atoms with Crippen molar-refractivity contribution in [2.75, 3.05) is 5.32 Å². The summed E-state index contributed by atoms with van der Waals surface area (Å²) in [5.41, 5.74) is 5.85. The van der Waals surface area contributed by atoms with E-state index in [-0.39, 0.29) is 5.91 Å². The van der Waals surface area contributed by atoms with E-state index < -0.39 is 5.97 Å². The van der Waals surface area contributed by atoms with Crippen molar-refractivity contribution >= 4 is 28.6 Å². The number of hydrogen-bond acceptors (Lipinski definition) is 3. The molecule has 0 fully saturated rings. The van der Waals surface area contributed by atoms with Crippen LogP contribution in [0.1, 0.15) is 61.3 Å². The lowest BCUT2D eigenvalue weighted by atomic mass is 9.98. The number of carbonyl (C=O) groups is 2. The third kappa shape index (κ3) is 5.82. The van der Waals surface area contributed by atoms with Gasteiger partial charge in [0.05, 0.1) is 16.6 Å². The fourth-order valence-corrected chi connectivity index (χ4v) is 4.49. The maximum Gasteiger partial charge on any atom is 0.336 e. The van der Waals surface area contributed by atoms with Gasteiger partial charge in [0.15, 0.2) is 0 Å². The number of amides is 1. The molecular formula is C30H33N3O3. The highest BCUT2D eigenvalue weighted by Crippen LogP contribution is 2.26. The van der Waals surface area contributed by atoms with Gasteiger partial charge in [-0.05, 0) is 60.2 Å². The quantitative estimate of drug-likeness (QED) is 0.248. The van der Waals surface area contributed by atoms with Gasteiger partial charge in [0.2, 0.25) is 5.91 Å². The highest BCUT2D eigenvalue weighted by Gasteiger charge is 2.13. The lowest BCUT2D eigenvalue weighted by molar-refractivity contribution is -0.116. The Kier molecular flexibility index (Phi) is 8.16. The van der Waals surface area contributed by atoms with Crippen molar-refractivity contribution in [3.63, 3.8) is 0 Å². The second-order valence-electron chi connectivity index (χ2n) is 9.08. The zero-order valence-electron chi connectivity index (χ0n) is 21.0. The van der Waals surface area contributed by atoms with Gasteiger partial charge in [-0.25, -0.2) is 9.78 Å². The Morgan fingerprint density at radius 1 is 0.944 bits per heavy atom. The van der Waals surface area contributed by atoms with Crippen molar-refractivity contribution in [1.82, 2.24) is 9.55 Å². The average Bonchev–Trinajstić information content (AvgIpc) is 3.23. The standard InChI is InChI=1S/C30H33N3O3/c1-3-5-11-28-32-26-17-16-23(31-29(34)8-4-2)20-27(26)33(28)19-18-21-12-14-22(15-13-21)24-9-6-7-10-25(24)30(35)36/h6-7,9-10,12-17,20H,3-5,8,11,18-19H2,1-2H3,(H,31,34)(H,35,36). The van der Waals surface area contributed by atoms with E-state index in [2.05, 4.69) is 28.9 Å². The van der Waals surface area contributed by atoms with Gasteiger partial charge < -0.3 is 15.0 Å². The molecule has 4 aromatic rings. The molecule has 6 heteroatoms. The van der Waals surface area contributed by atoms with E-state index >= 15 is 0 Å². The number of carboxylic acids is 1. The molecule has 0 radical (unpaired) electrons. The maximum absolute atomic E-state index is 12.1. The van der Waals surface area contributed by atoms with Crippen LogP contribution in [-0.2, 0) is 24.2 Å². The van der Waals surface area contributed by atoms with Gasteiger partial charge in [-0.15, -0.1) is 0 Å². The van der Waals surface area contributed by atoms with Crippen LogP contribution < -0.4 is 5.32 Å². The monoisotopic (exact) mass is 483 g/mol. The Morgan fingerprint density at radius 3 is 2.44 bits per heavy atom. The van der Waals surface area contributed by atoms with E-state index in [1.54, 1.807) is 12.1 Å². The van der Waals surface area contributed by atoms with Crippen LogP contribution >= 0.6 is 0 Å². The van der Waals surface area contributed by atoms with Crippen molar-refractivity contribution in [2.45, 2.75) is 58.9 Å². The Morgan fingerprint density at radius 2 is 1.72 bits per heavy atom. The number of carboxylic acid groups (broad SMARTS) is 1. The summed E-state index contributed by atoms with van der Waals surface area (Å²) in [6, 6.07) is 21.1. The number of benzene rings is 3. The summed E-state index contributed by atoms with van der Waals surface area (Å²) in [6.45, 7) is 4.95. The van der Waals surface area contributed by atoms with Gasteiger partial charge in [0.1, 0.15) is 5.82 Å². The predicted molar refractivity (Wildman–Crippen MR) is 144 cm³/mol. The first-order valence-electron chi connectivity index (χ1n) is 12.7. The van der Waals surface area contributed by atoms with Crippen LogP contribution in [0.4, 0.5) is 5.69 Å². The van der Waals surface area contributed by atoms with Gasteiger partial charge in [0.25, 0.3) is 0 Å². The molecule has 0 aliphatic carbocycles. The minimum absolute atomic E-state index is 0.0266. The second kappa shape index (κ2) is 11.7. The van der Waals surface area contributed by atoms with Gasteiger partial charge >= 0.3 is 5.97 Å². The largest absolute Gasteiger partial charge is 0.478 e. The van der Waals surface area contributed by atoms with Crippen molar-refractivity contribution < 1.29 is 14.7 Å². The number of unbranched alkanes of at least 4 members (excludes halogenated alkanes) is 1. The van der Waals surface area contributed by atoms with Crippen molar-refractivity contribution in [2.24, 2.45) is 0 Å². The molecule has 4 rings (SSSR count). The molecule has 6 nitrogen and oxygen atoms in total. The topological polar surface area (TPSA) is 84.2 Å². The fourth-order valence-electron chi connectivity index (χ4n) is 4.49. The Labute approximate surface area is 212 Å². The molecule has 1 aromatic heterocycles. The Balaban J connectivity index is 1.57. The number of nitrogens with one attached hydrogen (secondary N) is 1. The summed E-state index contributed by atoms with van der Waals surface area (Å²) in [6.07, 6.45) is 5.22. The normalized spacial score (nSPS) is 11.1. The molecule has 36 heavy (non-hydrogen) atoms. The number of carbonyl (C=O) groups excluding carboxylic acids is 1. The number of fused-ring (bicyclic) bond motifs is 1.